The van der Waals surface area contributed by atoms with Crippen molar-refractivity contribution in [2.45, 2.75) is 47.6 Å². The largest absolute Gasteiger partial charge is 0.494 e. The second-order valence-electron chi connectivity index (χ2n) is 8.73. The molecule has 7 nitrogen and oxygen atoms in total. The van der Waals surface area contributed by atoms with Crippen molar-refractivity contribution < 1.29 is 23.8 Å². The number of amides is 1. The van der Waals surface area contributed by atoms with Crippen molar-refractivity contribution in [1.82, 2.24) is 4.57 Å². The molecule has 0 unspecified atom stereocenters. The molecular weight excluding hydrogens is 500 g/mol. The molecule has 38 heavy (non-hydrogen) atoms. The van der Waals surface area contributed by atoms with E-state index in [2.05, 4.69) is 12.2 Å². The molecule has 0 fully saturated rings. The van der Waals surface area contributed by atoms with Gasteiger partial charge in [0.05, 0.1) is 19.8 Å². The van der Waals surface area contributed by atoms with Gasteiger partial charge >= 0.3 is 5.97 Å². The fraction of sp³-hybridized carbons (Fsp3) is 0.333. The van der Waals surface area contributed by atoms with Gasteiger partial charge in [0.1, 0.15) is 27.8 Å². The first-order chi connectivity index (χ1) is 18.4. The molecule has 0 bridgehead atoms. The molecule has 200 valence electrons. The van der Waals surface area contributed by atoms with Crippen LogP contribution >= 0.6 is 11.3 Å². The molecule has 0 spiro atoms. The van der Waals surface area contributed by atoms with E-state index < -0.39 is 5.97 Å². The summed E-state index contributed by atoms with van der Waals surface area (Å²) in [5, 5.41) is 6.31. The highest BCUT2D eigenvalue weighted by Gasteiger charge is 2.26. The van der Waals surface area contributed by atoms with Gasteiger partial charge in [-0.2, -0.15) is 0 Å². The molecular formula is C30H34N2O5S. The van der Waals surface area contributed by atoms with Crippen LogP contribution in [0.4, 0.5) is 5.00 Å². The number of benzene rings is 2. The predicted molar refractivity (Wildman–Crippen MR) is 153 cm³/mol. The van der Waals surface area contributed by atoms with Crippen molar-refractivity contribution in [3.05, 3.63) is 64.7 Å². The molecule has 0 radical (unpaired) electrons. The Morgan fingerprint density at radius 2 is 1.68 bits per heavy atom. The lowest BCUT2D eigenvalue weighted by atomic mass is 10.0. The minimum Gasteiger partial charge on any atom is -0.494 e. The molecule has 0 aliphatic heterocycles. The van der Waals surface area contributed by atoms with E-state index in [0.717, 1.165) is 39.9 Å². The van der Waals surface area contributed by atoms with E-state index >= 15 is 0 Å². The molecule has 0 atom stereocenters. The molecule has 4 aromatic rings. The molecule has 0 aliphatic carbocycles. The van der Waals surface area contributed by atoms with Crippen molar-refractivity contribution >= 4 is 39.1 Å². The third kappa shape index (κ3) is 5.41. The van der Waals surface area contributed by atoms with Crippen LogP contribution in [-0.4, -0.2) is 36.3 Å². The Labute approximate surface area is 227 Å². The Morgan fingerprint density at radius 3 is 2.34 bits per heavy atom. The van der Waals surface area contributed by atoms with Crippen LogP contribution in [0.1, 0.15) is 60.5 Å². The highest BCUT2D eigenvalue weighted by molar-refractivity contribution is 7.15. The summed E-state index contributed by atoms with van der Waals surface area (Å²) in [5.41, 5.74) is 4.27. The number of nitrogens with zero attached hydrogens (tertiary/aromatic N) is 1. The number of aromatic nitrogens is 1. The number of carbonyl (C=O) groups excluding carboxylic acids is 2. The maximum atomic E-state index is 13.7. The average Bonchev–Trinajstić information content (AvgIpc) is 3.46. The van der Waals surface area contributed by atoms with Crippen molar-refractivity contribution in [3.8, 4) is 22.6 Å². The molecule has 2 aromatic heterocycles. The monoisotopic (exact) mass is 534 g/mol. The topological polar surface area (TPSA) is 78.8 Å². The number of carbonyl (C=O) groups is 2. The lowest BCUT2D eigenvalue weighted by Gasteiger charge is -2.11. The molecule has 0 saturated carbocycles. The number of fused-ring (bicyclic) bond motifs is 1. The highest BCUT2D eigenvalue weighted by atomic mass is 32.1. The molecule has 8 heteroatoms. The molecule has 2 heterocycles. The number of nitrogens with one attached hydrogen (secondary N) is 1. The zero-order valence-corrected chi connectivity index (χ0v) is 23.4. The molecule has 0 saturated heterocycles. The van der Waals surface area contributed by atoms with Crippen LogP contribution < -0.4 is 14.8 Å². The van der Waals surface area contributed by atoms with Gasteiger partial charge in [-0.05, 0) is 75.6 Å². The average molecular weight is 535 g/mol. The predicted octanol–water partition coefficient (Wildman–Crippen LogP) is 7.31. The van der Waals surface area contributed by atoms with E-state index in [1.54, 1.807) is 6.92 Å². The minimum atomic E-state index is -0.473. The van der Waals surface area contributed by atoms with Gasteiger partial charge in [0.25, 0.3) is 5.91 Å². The first-order valence-corrected chi connectivity index (χ1v) is 13.9. The van der Waals surface area contributed by atoms with Crippen LogP contribution in [0.2, 0.25) is 0 Å². The number of ether oxygens (including phenoxy) is 3. The third-order valence-electron chi connectivity index (χ3n) is 6.27. The summed E-state index contributed by atoms with van der Waals surface area (Å²) in [6.45, 7) is 11.8. The normalized spacial score (nSPS) is 11.0. The lowest BCUT2D eigenvalue weighted by molar-refractivity contribution is 0.0529. The zero-order valence-electron chi connectivity index (χ0n) is 22.6. The van der Waals surface area contributed by atoms with Gasteiger partial charge in [-0.15, -0.1) is 11.3 Å². The van der Waals surface area contributed by atoms with Crippen LogP contribution in [0.25, 0.3) is 22.0 Å². The maximum absolute atomic E-state index is 13.7. The summed E-state index contributed by atoms with van der Waals surface area (Å²) >= 11 is 1.31. The molecule has 4 rings (SSSR count). The Morgan fingerprint density at radius 1 is 0.947 bits per heavy atom. The fourth-order valence-corrected chi connectivity index (χ4v) is 5.51. The zero-order chi connectivity index (χ0) is 27.2. The molecule has 2 aromatic carbocycles. The van der Waals surface area contributed by atoms with Crippen LogP contribution in [0.5, 0.6) is 11.5 Å². The summed E-state index contributed by atoms with van der Waals surface area (Å²) in [6.07, 6.45) is 0.923. The third-order valence-corrected chi connectivity index (χ3v) is 7.16. The van der Waals surface area contributed by atoms with E-state index in [0.29, 0.717) is 41.6 Å². The Bertz CT molecular complexity index is 1440. The van der Waals surface area contributed by atoms with Crippen molar-refractivity contribution in [3.63, 3.8) is 0 Å². The Kier molecular flexibility index (Phi) is 8.73. The number of hydrogen-bond acceptors (Lipinski definition) is 6. The van der Waals surface area contributed by atoms with Crippen molar-refractivity contribution in [2.24, 2.45) is 0 Å². The van der Waals surface area contributed by atoms with E-state index in [4.69, 9.17) is 14.2 Å². The summed E-state index contributed by atoms with van der Waals surface area (Å²) in [4.78, 5) is 26.8. The quantitative estimate of drug-likeness (QED) is 0.204. The molecule has 1 amide bonds. The smallest absolute Gasteiger partial charge is 0.341 e. The van der Waals surface area contributed by atoms with Crippen LogP contribution in [0.3, 0.4) is 0 Å². The standard InChI is InChI=1S/C30H34N2O5S/c1-6-16-37-21-12-10-20(11-13-21)24-18-38-29(26(24)30(34)36-9-4)31-28(33)27-19(5)23-17-22(35-8-3)14-15-25(23)32(27)7-2/h10-15,17-18H,6-9,16H2,1-5H3,(H,31,33). The van der Waals surface area contributed by atoms with Gasteiger partial charge in [0.15, 0.2) is 0 Å². The van der Waals surface area contributed by atoms with Gasteiger partial charge in [-0.3, -0.25) is 4.79 Å². The number of hydrogen-bond donors (Lipinski definition) is 1. The van der Waals surface area contributed by atoms with Gasteiger partial charge in [0.2, 0.25) is 0 Å². The summed E-state index contributed by atoms with van der Waals surface area (Å²) in [5.74, 6) is 0.787. The second-order valence-corrected chi connectivity index (χ2v) is 9.61. The van der Waals surface area contributed by atoms with Gasteiger partial charge in [0, 0.05) is 28.4 Å². The Balaban J connectivity index is 1.71. The molecule has 1 N–H and O–H groups in total. The number of esters is 1. The summed E-state index contributed by atoms with van der Waals surface area (Å²) in [6, 6.07) is 13.5. The van der Waals surface area contributed by atoms with Gasteiger partial charge < -0.3 is 24.1 Å². The highest BCUT2D eigenvalue weighted by Crippen LogP contribution is 2.38. The summed E-state index contributed by atoms with van der Waals surface area (Å²) in [7, 11) is 0. The minimum absolute atomic E-state index is 0.233. The Hall–Kier alpha value is -3.78. The van der Waals surface area contributed by atoms with E-state index in [1.165, 1.54) is 11.3 Å². The van der Waals surface area contributed by atoms with Crippen LogP contribution in [0, 0.1) is 6.92 Å². The van der Waals surface area contributed by atoms with Crippen LogP contribution in [0.15, 0.2) is 47.8 Å². The van der Waals surface area contributed by atoms with E-state index in [-0.39, 0.29) is 12.5 Å². The van der Waals surface area contributed by atoms with Gasteiger partial charge in [-0.1, -0.05) is 19.1 Å². The number of aryl methyl sites for hydroxylation is 2. The summed E-state index contributed by atoms with van der Waals surface area (Å²) < 4.78 is 18.7. The van der Waals surface area contributed by atoms with Gasteiger partial charge in [-0.25, -0.2) is 4.79 Å². The van der Waals surface area contributed by atoms with Crippen molar-refractivity contribution in [1.29, 1.82) is 0 Å². The first-order valence-electron chi connectivity index (χ1n) is 13.0. The number of thiophene rings is 1. The SMILES string of the molecule is CCCOc1ccc(-c2csc(NC(=O)c3c(C)c4cc(OCC)ccc4n3CC)c2C(=O)OCC)cc1. The van der Waals surface area contributed by atoms with E-state index in [9.17, 15) is 9.59 Å². The molecule has 0 aliphatic rings. The number of anilines is 1. The first kappa shape index (κ1) is 27.3. The van der Waals surface area contributed by atoms with Crippen molar-refractivity contribution in [2.75, 3.05) is 25.1 Å². The maximum Gasteiger partial charge on any atom is 0.341 e. The van der Waals surface area contributed by atoms with E-state index in [1.807, 2.05) is 73.2 Å². The lowest BCUT2D eigenvalue weighted by Crippen LogP contribution is -2.19. The van der Waals surface area contributed by atoms with Crippen LogP contribution in [-0.2, 0) is 11.3 Å². The number of rotatable bonds is 11. The fourth-order valence-electron chi connectivity index (χ4n) is 4.56. The second kappa shape index (κ2) is 12.2.